The molecule has 0 aromatic heterocycles. The molecule has 3 nitrogen and oxygen atoms in total. The molecule has 19 heavy (non-hydrogen) atoms. The second-order valence-electron chi connectivity index (χ2n) is 7.67. The first-order valence-corrected chi connectivity index (χ1v) is 7.58. The molecule has 0 aliphatic heterocycles. The third kappa shape index (κ3) is 5.13. The zero-order chi connectivity index (χ0) is 14.7. The summed E-state index contributed by atoms with van der Waals surface area (Å²) >= 11 is 0. The van der Waals surface area contributed by atoms with E-state index in [1.54, 1.807) is 0 Å². The first-order chi connectivity index (χ1) is 8.64. The molecule has 1 N–H and O–H groups in total. The molecule has 0 aromatic carbocycles. The third-order valence-electron chi connectivity index (χ3n) is 4.82. The Balaban J connectivity index is 2.29. The van der Waals surface area contributed by atoms with E-state index >= 15 is 0 Å². The quantitative estimate of drug-likeness (QED) is 0.797. The Labute approximate surface area is 118 Å². The maximum absolute atomic E-state index is 11.1. The molecule has 1 aliphatic rings. The van der Waals surface area contributed by atoms with Crippen molar-refractivity contribution in [3.05, 3.63) is 0 Å². The lowest BCUT2D eigenvalue weighted by atomic mass is 9.75. The zero-order valence-electron chi connectivity index (χ0n) is 13.3. The highest BCUT2D eigenvalue weighted by molar-refractivity contribution is 5.73. The molecule has 1 rings (SSSR count). The van der Waals surface area contributed by atoms with E-state index in [4.69, 9.17) is 5.11 Å². The van der Waals surface area contributed by atoms with Gasteiger partial charge < -0.3 is 10.0 Å². The SMILES string of the molecule is CN(CCCC(C)(C)C(=O)O)C1CCC(C)(C)CC1. The van der Waals surface area contributed by atoms with Gasteiger partial charge in [0.15, 0.2) is 0 Å². The van der Waals surface area contributed by atoms with E-state index in [0.29, 0.717) is 11.5 Å². The molecule has 0 aromatic rings. The fourth-order valence-corrected chi connectivity index (χ4v) is 2.88. The van der Waals surface area contributed by atoms with Crippen LogP contribution in [0.4, 0.5) is 0 Å². The van der Waals surface area contributed by atoms with Crippen LogP contribution in [0.3, 0.4) is 0 Å². The summed E-state index contributed by atoms with van der Waals surface area (Å²) in [5.74, 6) is -0.686. The smallest absolute Gasteiger partial charge is 0.309 e. The number of rotatable bonds is 6. The number of nitrogens with zero attached hydrogens (tertiary/aromatic N) is 1. The number of carboxylic acid groups (broad SMARTS) is 1. The molecule has 1 aliphatic carbocycles. The van der Waals surface area contributed by atoms with E-state index in [9.17, 15) is 4.79 Å². The molecule has 0 atom stereocenters. The topological polar surface area (TPSA) is 40.5 Å². The Morgan fingerprint density at radius 2 is 1.84 bits per heavy atom. The molecule has 1 saturated carbocycles. The number of carboxylic acids is 1. The normalized spacial score (nSPS) is 20.7. The van der Waals surface area contributed by atoms with Gasteiger partial charge in [0.1, 0.15) is 0 Å². The van der Waals surface area contributed by atoms with Gasteiger partial charge >= 0.3 is 5.97 Å². The molecular formula is C16H31NO2. The molecule has 0 amide bonds. The van der Waals surface area contributed by atoms with E-state index in [0.717, 1.165) is 19.4 Å². The van der Waals surface area contributed by atoms with Crippen molar-refractivity contribution < 1.29 is 9.90 Å². The van der Waals surface area contributed by atoms with Gasteiger partial charge in [0.2, 0.25) is 0 Å². The molecule has 0 bridgehead atoms. The number of hydrogen-bond acceptors (Lipinski definition) is 2. The molecule has 0 spiro atoms. The highest BCUT2D eigenvalue weighted by Gasteiger charge is 2.30. The van der Waals surface area contributed by atoms with Gasteiger partial charge in [-0.2, -0.15) is 0 Å². The van der Waals surface area contributed by atoms with Crippen LogP contribution in [0.5, 0.6) is 0 Å². The van der Waals surface area contributed by atoms with Crippen molar-refractivity contribution in [2.24, 2.45) is 10.8 Å². The predicted octanol–water partition coefficient (Wildman–Crippen LogP) is 3.78. The lowest BCUT2D eigenvalue weighted by Gasteiger charge is -2.38. The average molecular weight is 269 g/mol. The van der Waals surface area contributed by atoms with Gasteiger partial charge in [-0.25, -0.2) is 0 Å². The van der Waals surface area contributed by atoms with Gasteiger partial charge in [0, 0.05) is 6.04 Å². The third-order valence-corrected chi connectivity index (χ3v) is 4.82. The van der Waals surface area contributed by atoms with E-state index in [1.807, 2.05) is 13.8 Å². The van der Waals surface area contributed by atoms with Crippen LogP contribution >= 0.6 is 0 Å². The van der Waals surface area contributed by atoms with Crippen molar-refractivity contribution >= 4 is 5.97 Å². The molecule has 3 heteroatoms. The van der Waals surface area contributed by atoms with Gasteiger partial charge in [-0.1, -0.05) is 13.8 Å². The molecule has 0 radical (unpaired) electrons. The summed E-state index contributed by atoms with van der Waals surface area (Å²) in [4.78, 5) is 13.5. The van der Waals surface area contributed by atoms with Crippen LogP contribution < -0.4 is 0 Å². The molecule has 0 saturated heterocycles. The maximum Gasteiger partial charge on any atom is 0.309 e. The largest absolute Gasteiger partial charge is 0.481 e. The van der Waals surface area contributed by atoms with E-state index < -0.39 is 11.4 Å². The van der Waals surface area contributed by atoms with Crippen LogP contribution in [0.1, 0.15) is 66.2 Å². The van der Waals surface area contributed by atoms with E-state index in [-0.39, 0.29) is 0 Å². The standard InChI is InChI=1S/C16H31NO2/c1-15(2)10-7-13(8-11-15)17(5)12-6-9-16(3,4)14(18)19/h13H,6-12H2,1-5H3,(H,18,19). The van der Waals surface area contributed by atoms with Crippen molar-refractivity contribution in [3.63, 3.8) is 0 Å². The highest BCUT2D eigenvalue weighted by atomic mass is 16.4. The zero-order valence-corrected chi connectivity index (χ0v) is 13.3. The fourth-order valence-electron chi connectivity index (χ4n) is 2.88. The lowest BCUT2D eigenvalue weighted by molar-refractivity contribution is -0.147. The summed E-state index contributed by atoms with van der Waals surface area (Å²) in [6, 6.07) is 0.695. The van der Waals surface area contributed by atoms with E-state index in [1.165, 1.54) is 25.7 Å². The molecule has 0 unspecified atom stereocenters. The minimum absolute atomic E-state index is 0.517. The molecule has 1 fully saturated rings. The summed E-state index contributed by atoms with van der Waals surface area (Å²) < 4.78 is 0. The number of hydrogen-bond donors (Lipinski definition) is 1. The summed E-state index contributed by atoms with van der Waals surface area (Å²) in [5.41, 5.74) is -0.0714. The van der Waals surface area contributed by atoms with Crippen LogP contribution in [-0.2, 0) is 4.79 Å². The fraction of sp³-hybridized carbons (Fsp3) is 0.938. The average Bonchev–Trinajstić information content (AvgIpc) is 2.28. The van der Waals surface area contributed by atoms with Crippen LogP contribution in [0, 0.1) is 10.8 Å². The Kier molecular flexibility index (Phi) is 5.43. The van der Waals surface area contributed by atoms with Crippen molar-refractivity contribution in [1.29, 1.82) is 0 Å². The summed E-state index contributed by atoms with van der Waals surface area (Å²) in [7, 11) is 2.19. The van der Waals surface area contributed by atoms with Crippen molar-refractivity contribution in [1.82, 2.24) is 4.90 Å². The second kappa shape index (κ2) is 6.25. The van der Waals surface area contributed by atoms with Crippen LogP contribution in [0.25, 0.3) is 0 Å². The van der Waals surface area contributed by atoms with Gasteiger partial charge in [-0.15, -0.1) is 0 Å². The van der Waals surface area contributed by atoms with Gasteiger partial charge in [-0.05, 0) is 71.4 Å². The van der Waals surface area contributed by atoms with Gasteiger partial charge in [0.25, 0.3) is 0 Å². The minimum Gasteiger partial charge on any atom is -0.481 e. The van der Waals surface area contributed by atoms with Crippen LogP contribution in [0.15, 0.2) is 0 Å². The molecule has 112 valence electrons. The van der Waals surface area contributed by atoms with Gasteiger partial charge in [0.05, 0.1) is 5.41 Å². The number of aliphatic carboxylic acids is 1. The highest BCUT2D eigenvalue weighted by Crippen LogP contribution is 2.36. The van der Waals surface area contributed by atoms with Crippen LogP contribution in [-0.4, -0.2) is 35.6 Å². The maximum atomic E-state index is 11.1. The summed E-state index contributed by atoms with van der Waals surface area (Å²) in [5, 5.41) is 9.10. The molecule has 0 heterocycles. The van der Waals surface area contributed by atoms with Gasteiger partial charge in [-0.3, -0.25) is 4.79 Å². The van der Waals surface area contributed by atoms with Crippen LogP contribution in [0.2, 0.25) is 0 Å². The Morgan fingerprint density at radius 3 is 2.32 bits per heavy atom. The predicted molar refractivity (Wildman–Crippen MR) is 79.3 cm³/mol. The van der Waals surface area contributed by atoms with Crippen molar-refractivity contribution in [2.75, 3.05) is 13.6 Å². The second-order valence-corrected chi connectivity index (χ2v) is 7.67. The first-order valence-electron chi connectivity index (χ1n) is 7.58. The van der Waals surface area contributed by atoms with Crippen molar-refractivity contribution in [2.45, 2.75) is 72.3 Å². The number of carbonyl (C=O) groups is 1. The first kappa shape index (κ1) is 16.5. The van der Waals surface area contributed by atoms with Crippen molar-refractivity contribution in [3.8, 4) is 0 Å². The summed E-state index contributed by atoms with van der Waals surface area (Å²) in [6.07, 6.45) is 6.91. The minimum atomic E-state index is -0.686. The monoisotopic (exact) mass is 269 g/mol. The molecular weight excluding hydrogens is 238 g/mol. The van der Waals surface area contributed by atoms with E-state index in [2.05, 4.69) is 25.8 Å². The lowest BCUT2D eigenvalue weighted by Crippen LogP contribution is -2.38. The Morgan fingerprint density at radius 1 is 1.32 bits per heavy atom. The summed E-state index contributed by atoms with van der Waals surface area (Å²) in [6.45, 7) is 9.37. The Hall–Kier alpha value is -0.570. The Bertz CT molecular complexity index is 300.